The minimum atomic E-state index is -1.52. The van der Waals surface area contributed by atoms with Crippen molar-refractivity contribution >= 4 is 35.4 Å². The van der Waals surface area contributed by atoms with E-state index in [0.29, 0.717) is 11.8 Å². The number of carbonyl (C=O) groups excluding carboxylic acids is 2. The molecule has 3 N–H and O–H groups in total. The summed E-state index contributed by atoms with van der Waals surface area (Å²) in [7, 11) is 0. The van der Waals surface area contributed by atoms with Crippen LogP contribution in [-0.2, 0) is 14.4 Å². The summed E-state index contributed by atoms with van der Waals surface area (Å²) in [5, 5.41) is 9.22. The number of benzene rings is 2. The van der Waals surface area contributed by atoms with Crippen LogP contribution in [0.5, 0.6) is 0 Å². The lowest BCUT2D eigenvalue weighted by molar-refractivity contribution is -0.134. The van der Waals surface area contributed by atoms with E-state index in [1.165, 1.54) is 4.31 Å². The highest BCUT2D eigenvalue weighted by Gasteiger charge is 2.26. The second-order valence-corrected chi connectivity index (χ2v) is 5.62. The Morgan fingerprint density at radius 1 is 0.958 bits per heavy atom. The molecular formula is C17H14N2O4S. The molecule has 2 aromatic rings. The maximum atomic E-state index is 12.7. The van der Waals surface area contributed by atoms with Gasteiger partial charge in [0.1, 0.15) is 5.57 Å². The second-order valence-electron chi connectivity index (χ2n) is 4.60. The number of nitrogens with zero attached hydrogens (tertiary/aromatic N) is 1. The second kappa shape index (κ2) is 7.98. The van der Waals surface area contributed by atoms with Gasteiger partial charge in [0.25, 0.3) is 5.91 Å². The van der Waals surface area contributed by atoms with Crippen LogP contribution < -0.4 is 10.0 Å². The van der Waals surface area contributed by atoms with Gasteiger partial charge in [-0.05, 0) is 36.2 Å². The molecule has 2 aromatic carbocycles. The summed E-state index contributed by atoms with van der Waals surface area (Å²) in [6.45, 7) is 0. The van der Waals surface area contributed by atoms with Crippen molar-refractivity contribution in [3.63, 3.8) is 0 Å². The maximum Gasteiger partial charge on any atom is 0.341 e. The van der Waals surface area contributed by atoms with Crippen molar-refractivity contribution in [3.8, 4) is 0 Å². The topological polar surface area (TPSA) is 101 Å². The molecule has 0 aliphatic carbocycles. The Bertz CT molecular complexity index is 776. The first kappa shape index (κ1) is 17.3. The lowest BCUT2D eigenvalue weighted by Gasteiger charge is -2.21. The van der Waals surface area contributed by atoms with E-state index in [1.807, 2.05) is 6.07 Å². The van der Waals surface area contributed by atoms with Gasteiger partial charge in [0.2, 0.25) is 5.91 Å². The van der Waals surface area contributed by atoms with Crippen molar-refractivity contribution in [1.29, 1.82) is 0 Å². The Kier molecular flexibility index (Phi) is 5.75. The van der Waals surface area contributed by atoms with Crippen LogP contribution in [0.1, 0.15) is 0 Å². The van der Waals surface area contributed by atoms with E-state index in [4.69, 9.17) is 5.73 Å². The van der Waals surface area contributed by atoms with Crippen molar-refractivity contribution in [2.45, 2.75) is 4.90 Å². The number of aliphatic carboxylic acids is 1. The number of primary amides is 1. The van der Waals surface area contributed by atoms with Crippen molar-refractivity contribution in [1.82, 2.24) is 0 Å². The van der Waals surface area contributed by atoms with Crippen molar-refractivity contribution < 1.29 is 19.5 Å². The fraction of sp³-hybridized carbons (Fsp3) is 0. The van der Waals surface area contributed by atoms with Crippen LogP contribution in [0.25, 0.3) is 0 Å². The summed E-state index contributed by atoms with van der Waals surface area (Å²) in [6.07, 6.45) is 0.617. The lowest BCUT2D eigenvalue weighted by Crippen LogP contribution is -2.30. The summed E-state index contributed by atoms with van der Waals surface area (Å²) < 4.78 is 1.21. The van der Waals surface area contributed by atoms with Gasteiger partial charge >= 0.3 is 5.97 Å². The highest BCUT2D eigenvalue weighted by atomic mass is 32.2. The quantitative estimate of drug-likeness (QED) is 0.363. The molecule has 6 nitrogen and oxygen atoms in total. The molecule has 0 unspecified atom stereocenters. The SMILES string of the molecule is NC(=O)C=C(C(=O)O)C(=O)N(Sc1ccccc1)c1ccccc1. The molecule has 0 saturated heterocycles. The molecule has 0 atom stereocenters. The molecule has 7 heteroatoms. The molecule has 0 fully saturated rings. The molecule has 0 aromatic heterocycles. The number of rotatable bonds is 6. The Hall–Kier alpha value is -3.06. The molecule has 0 bridgehead atoms. The first-order chi connectivity index (χ1) is 11.5. The largest absolute Gasteiger partial charge is 0.477 e. The number of hydrogen-bond acceptors (Lipinski definition) is 4. The van der Waals surface area contributed by atoms with Gasteiger partial charge in [-0.3, -0.25) is 9.59 Å². The summed E-state index contributed by atoms with van der Waals surface area (Å²) in [6, 6.07) is 17.5. The van der Waals surface area contributed by atoms with Gasteiger partial charge in [-0.25, -0.2) is 9.10 Å². The van der Waals surface area contributed by atoms with Crippen LogP contribution in [0.2, 0.25) is 0 Å². The number of para-hydroxylation sites is 1. The zero-order valence-corrected chi connectivity index (χ0v) is 13.3. The van der Waals surface area contributed by atoms with E-state index in [9.17, 15) is 19.5 Å². The van der Waals surface area contributed by atoms with E-state index in [2.05, 4.69) is 0 Å². The normalized spacial score (nSPS) is 10.9. The number of carbonyl (C=O) groups is 3. The van der Waals surface area contributed by atoms with E-state index in [-0.39, 0.29) is 0 Å². The third-order valence-electron chi connectivity index (χ3n) is 2.86. The van der Waals surface area contributed by atoms with Crippen LogP contribution in [0.15, 0.2) is 77.2 Å². The van der Waals surface area contributed by atoms with Gasteiger partial charge in [-0.2, -0.15) is 0 Å². The summed E-state index contributed by atoms with van der Waals surface area (Å²) >= 11 is 1.05. The van der Waals surface area contributed by atoms with Gasteiger partial charge < -0.3 is 10.8 Å². The first-order valence-electron chi connectivity index (χ1n) is 6.86. The predicted octanol–water partition coefficient (Wildman–Crippen LogP) is 2.22. The Labute approximate surface area is 142 Å². The van der Waals surface area contributed by atoms with Crippen LogP contribution in [0.3, 0.4) is 0 Å². The van der Waals surface area contributed by atoms with Gasteiger partial charge in [0.15, 0.2) is 0 Å². The zero-order chi connectivity index (χ0) is 17.5. The third kappa shape index (κ3) is 4.47. The highest BCUT2D eigenvalue weighted by molar-refractivity contribution is 8.01. The number of hydrogen-bond donors (Lipinski definition) is 2. The van der Waals surface area contributed by atoms with Gasteiger partial charge in [0.05, 0.1) is 5.69 Å². The van der Waals surface area contributed by atoms with Gasteiger partial charge in [-0.15, -0.1) is 0 Å². The fourth-order valence-electron chi connectivity index (χ4n) is 1.83. The fourth-order valence-corrected chi connectivity index (χ4v) is 2.73. The number of nitrogens with two attached hydrogens (primary N) is 1. The van der Waals surface area contributed by atoms with E-state index in [1.54, 1.807) is 54.6 Å². The van der Waals surface area contributed by atoms with Crippen LogP contribution in [0.4, 0.5) is 5.69 Å². The highest BCUT2D eigenvalue weighted by Crippen LogP contribution is 2.30. The van der Waals surface area contributed by atoms with E-state index >= 15 is 0 Å². The van der Waals surface area contributed by atoms with Gasteiger partial charge in [0, 0.05) is 11.0 Å². The lowest BCUT2D eigenvalue weighted by atomic mass is 10.2. The molecule has 2 rings (SSSR count). The predicted molar refractivity (Wildman–Crippen MR) is 91.1 cm³/mol. The molecule has 0 radical (unpaired) electrons. The van der Waals surface area contributed by atoms with Crippen LogP contribution in [0, 0.1) is 0 Å². The average Bonchev–Trinajstić information content (AvgIpc) is 2.58. The monoisotopic (exact) mass is 342 g/mol. The standard InChI is InChI=1S/C17H14N2O4S/c18-15(20)11-14(17(22)23)16(21)19(12-7-3-1-4-8-12)24-13-9-5-2-6-10-13/h1-11H,(H2,18,20)(H,22,23). The molecule has 0 heterocycles. The molecule has 24 heavy (non-hydrogen) atoms. The zero-order valence-electron chi connectivity index (χ0n) is 12.5. The molecule has 0 aliphatic rings. The molecule has 0 spiro atoms. The maximum absolute atomic E-state index is 12.7. The molecular weight excluding hydrogens is 328 g/mol. The number of carboxylic acids is 1. The summed E-state index contributed by atoms with van der Waals surface area (Å²) in [5.41, 5.74) is 4.78. The first-order valence-corrected chi connectivity index (χ1v) is 7.63. The smallest absolute Gasteiger partial charge is 0.341 e. The molecule has 2 amide bonds. The molecule has 122 valence electrons. The van der Waals surface area contributed by atoms with E-state index in [0.717, 1.165) is 16.8 Å². The minimum absolute atomic E-state index is 0.480. The summed E-state index contributed by atoms with van der Waals surface area (Å²) in [4.78, 5) is 35.8. The molecule has 0 aliphatic heterocycles. The van der Waals surface area contributed by atoms with Gasteiger partial charge in [-0.1, -0.05) is 36.4 Å². The average molecular weight is 342 g/mol. The Balaban J connectivity index is 2.43. The number of amides is 2. The summed E-state index contributed by atoms with van der Waals surface area (Å²) in [5.74, 6) is -3.37. The molecule has 0 saturated carbocycles. The third-order valence-corrected chi connectivity index (χ3v) is 3.90. The van der Waals surface area contributed by atoms with Crippen LogP contribution in [-0.4, -0.2) is 22.9 Å². The van der Waals surface area contributed by atoms with Crippen molar-refractivity contribution in [2.24, 2.45) is 5.73 Å². The number of anilines is 1. The van der Waals surface area contributed by atoms with Crippen LogP contribution >= 0.6 is 11.9 Å². The van der Waals surface area contributed by atoms with Crippen molar-refractivity contribution in [3.05, 3.63) is 72.3 Å². The minimum Gasteiger partial charge on any atom is -0.477 e. The Morgan fingerprint density at radius 3 is 2.00 bits per heavy atom. The van der Waals surface area contributed by atoms with Crippen molar-refractivity contribution in [2.75, 3.05) is 4.31 Å². The number of carboxylic acid groups (broad SMARTS) is 1. The van der Waals surface area contributed by atoms with E-state index < -0.39 is 23.4 Å². The Morgan fingerprint density at radius 2 is 1.50 bits per heavy atom.